The second-order valence-electron chi connectivity index (χ2n) is 6.46. The van der Waals surface area contributed by atoms with Gasteiger partial charge in [-0.2, -0.15) is 0 Å². The highest BCUT2D eigenvalue weighted by atomic mass is 16.2. The van der Waals surface area contributed by atoms with Crippen molar-refractivity contribution in [2.24, 2.45) is 0 Å². The van der Waals surface area contributed by atoms with Gasteiger partial charge in [0.25, 0.3) is 0 Å². The van der Waals surface area contributed by atoms with E-state index < -0.39 is 0 Å². The van der Waals surface area contributed by atoms with Gasteiger partial charge in [0.15, 0.2) is 0 Å². The zero-order valence-corrected chi connectivity index (χ0v) is 14.6. The van der Waals surface area contributed by atoms with Crippen LogP contribution in [-0.4, -0.2) is 38.8 Å². The molecule has 1 aliphatic rings. The lowest BCUT2D eigenvalue weighted by atomic mass is 9.97. The molecule has 3 rings (SSSR count). The van der Waals surface area contributed by atoms with Crippen molar-refractivity contribution in [1.82, 2.24) is 19.7 Å². The summed E-state index contributed by atoms with van der Waals surface area (Å²) in [6.07, 6.45) is 3.80. The van der Waals surface area contributed by atoms with Crippen LogP contribution >= 0.6 is 0 Å². The number of benzene rings is 1. The maximum absolute atomic E-state index is 12.7. The minimum absolute atomic E-state index is 0.0281. The van der Waals surface area contributed by atoms with Gasteiger partial charge in [0.1, 0.15) is 12.2 Å². The lowest BCUT2D eigenvalue weighted by molar-refractivity contribution is 0.190. The summed E-state index contributed by atoms with van der Waals surface area (Å²) in [4.78, 5) is 14.6. The molecule has 0 aliphatic carbocycles. The first-order valence-corrected chi connectivity index (χ1v) is 8.60. The fourth-order valence-electron chi connectivity index (χ4n) is 3.39. The van der Waals surface area contributed by atoms with E-state index in [1.807, 2.05) is 36.9 Å². The summed E-state index contributed by atoms with van der Waals surface area (Å²) in [7, 11) is 0. The average molecular weight is 327 g/mol. The summed E-state index contributed by atoms with van der Waals surface area (Å²) in [5, 5.41) is 11.4. The normalized spacial score (nSPS) is 17.8. The smallest absolute Gasteiger partial charge is 0.321 e. The molecule has 2 amide bonds. The third-order valence-electron chi connectivity index (χ3n) is 4.77. The summed E-state index contributed by atoms with van der Waals surface area (Å²) in [6, 6.07) is 6.02. The molecule has 0 saturated carbocycles. The number of piperidine rings is 1. The van der Waals surface area contributed by atoms with Crippen LogP contribution in [0, 0.1) is 13.8 Å². The molecule has 0 unspecified atom stereocenters. The largest absolute Gasteiger partial charge is 0.324 e. The first-order chi connectivity index (χ1) is 11.6. The number of para-hydroxylation sites is 1. The third-order valence-corrected chi connectivity index (χ3v) is 4.77. The van der Waals surface area contributed by atoms with Crippen molar-refractivity contribution in [3.05, 3.63) is 41.5 Å². The van der Waals surface area contributed by atoms with Gasteiger partial charge in [-0.15, -0.1) is 10.2 Å². The minimum atomic E-state index is -0.0281. The molecule has 2 heterocycles. The molecular formula is C18H25N5O. The van der Waals surface area contributed by atoms with Crippen molar-refractivity contribution in [2.75, 3.05) is 18.4 Å². The predicted octanol–water partition coefficient (Wildman–Crippen LogP) is 3.33. The van der Waals surface area contributed by atoms with Crippen molar-refractivity contribution in [2.45, 2.75) is 46.1 Å². The van der Waals surface area contributed by atoms with E-state index in [0.29, 0.717) is 6.54 Å². The lowest BCUT2D eigenvalue weighted by Gasteiger charge is -2.32. The molecule has 0 spiro atoms. The molecule has 1 N–H and O–H groups in total. The van der Waals surface area contributed by atoms with Gasteiger partial charge in [0, 0.05) is 31.2 Å². The Morgan fingerprint density at radius 3 is 2.79 bits per heavy atom. The van der Waals surface area contributed by atoms with Gasteiger partial charge in [-0.3, -0.25) is 0 Å². The fraction of sp³-hybridized carbons (Fsp3) is 0.500. The van der Waals surface area contributed by atoms with Crippen LogP contribution < -0.4 is 5.32 Å². The van der Waals surface area contributed by atoms with Crippen molar-refractivity contribution >= 4 is 11.7 Å². The Morgan fingerprint density at radius 2 is 2.08 bits per heavy atom. The molecule has 1 saturated heterocycles. The molecule has 128 valence electrons. The molecular weight excluding hydrogens is 302 g/mol. The number of carbonyl (C=O) groups is 1. The number of hydrogen-bond donors (Lipinski definition) is 1. The zero-order valence-electron chi connectivity index (χ0n) is 14.6. The molecule has 1 atom stereocenters. The summed E-state index contributed by atoms with van der Waals surface area (Å²) < 4.78 is 2.07. The monoisotopic (exact) mass is 327 g/mol. The van der Waals surface area contributed by atoms with Gasteiger partial charge < -0.3 is 14.8 Å². The van der Waals surface area contributed by atoms with Crippen LogP contribution in [0.5, 0.6) is 0 Å². The van der Waals surface area contributed by atoms with Crippen molar-refractivity contribution < 1.29 is 4.79 Å². The number of anilines is 1. The second kappa shape index (κ2) is 7.03. The number of urea groups is 1. The van der Waals surface area contributed by atoms with E-state index in [9.17, 15) is 4.79 Å². The number of nitrogens with zero attached hydrogens (tertiary/aromatic N) is 4. The maximum atomic E-state index is 12.7. The minimum Gasteiger partial charge on any atom is -0.324 e. The maximum Gasteiger partial charge on any atom is 0.321 e. The Morgan fingerprint density at radius 1 is 1.33 bits per heavy atom. The summed E-state index contributed by atoms with van der Waals surface area (Å²) in [5.74, 6) is 1.24. The molecule has 1 aromatic carbocycles. The van der Waals surface area contributed by atoms with Crippen molar-refractivity contribution in [3.63, 3.8) is 0 Å². The second-order valence-corrected chi connectivity index (χ2v) is 6.46. The predicted molar refractivity (Wildman–Crippen MR) is 94.2 cm³/mol. The average Bonchev–Trinajstić information content (AvgIpc) is 3.07. The number of nitrogens with one attached hydrogen (secondary N) is 1. The molecule has 1 aliphatic heterocycles. The Balaban J connectivity index is 1.71. The van der Waals surface area contributed by atoms with E-state index in [0.717, 1.165) is 48.6 Å². The number of hydrogen-bond acceptors (Lipinski definition) is 3. The van der Waals surface area contributed by atoms with E-state index >= 15 is 0 Å². The number of carbonyl (C=O) groups excluding carboxylic acids is 1. The van der Waals surface area contributed by atoms with Gasteiger partial charge in [-0.25, -0.2) is 4.79 Å². The lowest BCUT2D eigenvalue weighted by Crippen LogP contribution is -2.42. The Labute approximate surface area is 142 Å². The van der Waals surface area contributed by atoms with Crippen LogP contribution in [0.1, 0.15) is 42.6 Å². The standard InChI is InChI=1S/C18H25N5O/c1-4-22-12-19-21-17(22)15-9-6-10-23(11-15)18(24)20-16-13(2)7-5-8-14(16)3/h5,7-8,12,15H,4,6,9-11H2,1-3H3,(H,20,24)/t15-/m1/s1. The number of aromatic nitrogens is 3. The van der Waals surface area contributed by atoms with Crippen LogP contribution in [0.15, 0.2) is 24.5 Å². The number of aryl methyl sites for hydroxylation is 3. The van der Waals surface area contributed by atoms with Crippen LogP contribution in [0.4, 0.5) is 10.5 Å². The molecule has 1 aromatic heterocycles. The van der Waals surface area contributed by atoms with Gasteiger partial charge in [0.2, 0.25) is 0 Å². The number of rotatable bonds is 3. The fourth-order valence-corrected chi connectivity index (χ4v) is 3.39. The molecule has 2 aromatic rings. The highest BCUT2D eigenvalue weighted by molar-refractivity contribution is 5.91. The molecule has 0 radical (unpaired) electrons. The third kappa shape index (κ3) is 3.27. The van der Waals surface area contributed by atoms with Crippen LogP contribution in [0.25, 0.3) is 0 Å². The van der Waals surface area contributed by atoms with Crippen LogP contribution in [0.2, 0.25) is 0 Å². The quantitative estimate of drug-likeness (QED) is 0.940. The SMILES string of the molecule is CCn1cnnc1[C@@H]1CCCN(C(=O)Nc2c(C)cccc2C)C1. The highest BCUT2D eigenvalue weighted by Crippen LogP contribution is 2.27. The van der Waals surface area contributed by atoms with Gasteiger partial charge in [-0.05, 0) is 44.7 Å². The van der Waals surface area contributed by atoms with Crippen LogP contribution in [0.3, 0.4) is 0 Å². The summed E-state index contributed by atoms with van der Waals surface area (Å²) >= 11 is 0. The Bertz CT molecular complexity index is 704. The highest BCUT2D eigenvalue weighted by Gasteiger charge is 2.28. The Kier molecular flexibility index (Phi) is 4.83. The van der Waals surface area contributed by atoms with E-state index in [4.69, 9.17) is 0 Å². The molecule has 6 nitrogen and oxygen atoms in total. The number of amides is 2. The van der Waals surface area contributed by atoms with E-state index in [1.54, 1.807) is 6.33 Å². The summed E-state index contributed by atoms with van der Waals surface area (Å²) in [5.41, 5.74) is 3.09. The van der Waals surface area contributed by atoms with Gasteiger partial charge in [0.05, 0.1) is 0 Å². The zero-order chi connectivity index (χ0) is 17.1. The molecule has 6 heteroatoms. The van der Waals surface area contributed by atoms with E-state index in [2.05, 4.69) is 27.0 Å². The first-order valence-electron chi connectivity index (χ1n) is 8.60. The van der Waals surface area contributed by atoms with E-state index in [1.165, 1.54) is 0 Å². The van der Waals surface area contributed by atoms with Crippen LogP contribution in [-0.2, 0) is 6.54 Å². The Hall–Kier alpha value is -2.37. The van der Waals surface area contributed by atoms with Gasteiger partial charge in [-0.1, -0.05) is 18.2 Å². The van der Waals surface area contributed by atoms with E-state index in [-0.39, 0.29) is 11.9 Å². The van der Waals surface area contributed by atoms with Crippen molar-refractivity contribution in [1.29, 1.82) is 0 Å². The van der Waals surface area contributed by atoms with Gasteiger partial charge >= 0.3 is 6.03 Å². The first kappa shape index (κ1) is 16.5. The molecule has 0 bridgehead atoms. The molecule has 24 heavy (non-hydrogen) atoms. The summed E-state index contributed by atoms with van der Waals surface area (Å²) in [6.45, 7) is 8.45. The molecule has 1 fully saturated rings. The van der Waals surface area contributed by atoms with Crippen molar-refractivity contribution in [3.8, 4) is 0 Å². The number of likely N-dealkylation sites (tertiary alicyclic amines) is 1. The topological polar surface area (TPSA) is 63.1 Å².